The van der Waals surface area contributed by atoms with Crippen LogP contribution in [0.1, 0.15) is 56.6 Å². The van der Waals surface area contributed by atoms with Crippen LogP contribution in [0.4, 0.5) is 21.3 Å². The molecule has 4 rings (SSSR count). The third-order valence-corrected chi connectivity index (χ3v) is 6.12. The fraction of sp³-hybridized carbons (Fsp3) is 0.375. The second-order valence-corrected chi connectivity index (χ2v) is 9.95. The zero-order chi connectivity index (χ0) is 22.6. The molecule has 0 aliphatic carbocycles. The van der Waals surface area contributed by atoms with Gasteiger partial charge in [-0.25, -0.2) is 14.8 Å². The van der Waals surface area contributed by atoms with E-state index in [4.69, 9.17) is 4.42 Å². The van der Waals surface area contributed by atoms with E-state index in [0.717, 1.165) is 29.4 Å². The Balaban J connectivity index is 1.30. The fourth-order valence-electron chi connectivity index (χ4n) is 3.45. The first-order valence-corrected chi connectivity index (χ1v) is 11.7. The van der Waals surface area contributed by atoms with Gasteiger partial charge in [0.05, 0.1) is 6.20 Å². The fourth-order valence-corrected chi connectivity index (χ4v) is 4.17. The average Bonchev–Trinajstić information content (AvgIpc) is 3.43. The van der Waals surface area contributed by atoms with Crippen LogP contribution in [0, 0.1) is 0 Å². The third kappa shape index (κ3) is 5.76. The number of carbonyl (C=O) groups excluding carboxylic acids is 1. The summed E-state index contributed by atoms with van der Waals surface area (Å²) in [6.45, 7) is 8.44. The van der Waals surface area contributed by atoms with E-state index in [1.54, 1.807) is 18.5 Å². The summed E-state index contributed by atoms with van der Waals surface area (Å²) in [5.74, 6) is 1.38. The number of rotatable bonds is 5. The van der Waals surface area contributed by atoms with E-state index in [9.17, 15) is 4.79 Å². The number of anilines is 3. The predicted molar refractivity (Wildman–Crippen MR) is 131 cm³/mol. The molecular formula is C24H29N5O2S. The van der Waals surface area contributed by atoms with Gasteiger partial charge < -0.3 is 14.6 Å². The maximum atomic E-state index is 12.3. The summed E-state index contributed by atoms with van der Waals surface area (Å²) in [5, 5.41) is 6.17. The van der Waals surface area contributed by atoms with Gasteiger partial charge in [-0.1, -0.05) is 32.1 Å². The first-order chi connectivity index (χ1) is 15.4. The maximum Gasteiger partial charge on any atom is 0.325 e. The van der Waals surface area contributed by atoms with Crippen LogP contribution in [-0.2, 0) is 5.41 Å². The van der Waals surface area contributed by atoms with Crippen molar-refractivity contribution in [3.63, 3.8) is 0 Å². The van der Waals surface area contributed by atoms with Crippen LogP contribution < -0.4 is 15.5 Å². The Labute approximate surface area is 192 Å². The van der Waals surface area contributed by atoms with E-state index in [0.29, 0.717) is 11.0 Å². The predicted octanol–water partition coefficient (Wildman–Crippen LogP) is 6.23. The molecule has 168 valence electrons. The van der Waals surface area contributed by atoms with Gasteiger partial charge in [-0.15, -0.1) is 0 Å². The summed E-state index contributed by atoms with van der Waals surface area (Å²) in [6.07, 6.45) is 10.9. The average molecular weight is 452 g/mol. The zero-order valence-corrected chi connectivity index (χ0v) is 19.5. The number of amides is 2. The third-order valence-electron chi connectivity index (χ3n) is 5.24. The first kappa shape index (κ1) is 22.1. The molecule has 0 saturated carbocycles. The molecule has 2 amide bonds. The van der Waals surface area contributed by atoms with Crippen molar-refractivity contribution in [1.29, 1.82) is 0 Å². The Morgan fingerprint density at radius 1 is 1.03 bits per heavy atom. The number of aromatic nitrogens is 2. The van der Waals surface area contributed by atoms with Crippen LogP contribution in [0.25, 0.3) is 12.2 Å². The molecular weight excluding hydrogens is 422 g/mol. The highest BCUT2D eigenvalue weighted by Gasteiger charge is 2.18. The van der Waals surface area contributed by atoms with Crippen molar-refractivity contribution >= 4 is 46.0 Å². The number of oxazole rings is 1. The lowest BCUT2D eigenvalue weighted by molar-refractivity contribution is 0.262. The zero-order valence-electron chi connectivity index (χ0n) is 18.7. The normalized spacial score (nSPS) is 14.7. The quantitative estimate of drug-likeness (QED) is 0.480. The SMILES string of the molecule is CC(C)(C)c1cnc(/C=C/c2cnc(NC(=O)Nc3ccc(N4CCCCC4)cc3)s2)o1. The number of benzene rings is 1. The molecule has 0 spiro atoms. The molecule has 32 heavy (non-hydrogen) atoms. The molecule has 1 saturated heterocycles. The first-order valence-electron chi connectivity index (χ1n) is 10.9. The molecule has 1 fully saturated rings. The molecule has 0 unspecified atom stereocenters. The largest absolute Gasteiger partial charge is 0.441 e. The lowest BCUT2D eigenvalue weighted by Crippen LogP contribution is -2.29. The van der Waals surface area contributed by atoms with E-state index in [-0.39, 0.29) is 11.4 Å². The van der Waals surface area contributed by atoms with Gasteiger partial charge in [0.2, 0.25) is 5.89 Å². The summed E-state index contributed by atoms with van der Waals surface area (Å²) in [4.78, 5) is 24.2. The van der Waals surface area contributed by atoms with Crippen molar-refractivity contribution in [3.8, 4) is 0 Å². The highest BCUT2D eigenvalue weighted by atomic mass is 32.1. The molecule has 2 N–H and O–H groups in total. The van der Waals surface area contributed by atoms with Crippen LogP contribution in [0.2, 0.25) is 0 Å². The monoisotopic (exact) mass is 451 g/mol. The minimum atomic E-state index is -0.317. The summed E-state index contributed by atoms with van der Waals surface area (Å²) in [6, 6.07) is 7.66. The number of piperidine rings is 1. The van der Waals surface area contributed by atoms with Crippen LogP contribution >= 0.6 is 11.3 Å². The van der Waals surface area contributed by atoms with Crippen molar-refractivity contribution < 1.29 is 9.21 Å². The number of urea groups is 1. The summed E-state index contributed by atoms with van der Waals surface area (Å²) in [5.41, 5.74) is 1.87. The lowest BCUT2D eigenvalue weighted by Gasteiger charge is -2.28. The van der Waals surface area contributed by atoms with Crippen molar-refractivity contribution in [3.05, 3.63) is 53.2 Å². The van der Waals surface area contributed by atoms with Crippen LogP contribution in [0.5, 0.6) is 0 Å². The van der Waals surface area contributed by atoms with Crippen molar-refractivity contribution in [2.45, 2.75) is 45.4 Å². The summed E-state index contributed by atoms with van der Waals surface area (Å²) < 4.78 is 5.76. The Morgan fingerprint density at radius 3 is 2.47 bits per heavy atom. The number of nitrogens with one attached hydrogen (secondary N) is 2. The van der Waals surface area contributed by atoms with Gasteiger partial charge in [-0.3, -0.25) is 5.32 Å². The smallest absolute Gasteiger partial charge is 0.325 e. The molecule has 0 radical (unpaired) electrons. The maximum absolute atomic E-state index is 12.3. The minimum Gasteiger partial charge on any atom is -0.441 e. The molecule has 0 bridgehead atoms. The summed E-state index contributed by atoms with van der Waals surface area (Å²) in [7, 11) is 0. The Morgan fingerprint density at radius 2 is 1.78 bits per heavy atom. The van der Waals surface area contributed by atoms with E-state index in [1.807, 2.05) is 18.2 Å². The Hall–Kier alpha value is -3.13. The molecule has 1 aliphatic rings. The number of carbonyl (C=O) groups is 1. The lowest BCUT2D eigenvalue weighted by atomic mass is 9.94. The molecule has 2 aromatic heterocycles. The number of thiazole rings is 1. The van der Waals surface area contributed by atoms with Crippen LogP contribution in [0.3, 0.4) is 0 Å². The summed E-state index contributed by atoms with van der Waals surface area (Å²) >= 11 is 1.38. The molecule has 0 atom stereocenters. The molecule has 7 nitrogen and oxygen atoms in total. The van der Waals surface area contributed by atoms with Crippen LogP contribution in [-0.4, -0.2) is 29.1 Å². The molecule has 8 heteroatoms. The van der Waals surface area contributed by atoms with Gasteiger partial charge in [0, 0.05) is 47.0 Å². The van der Waals surface area contributed by atoms with Gasteiger partial charge in [-0.05, 0) is 49.6 Å². The van der Waals surface area contributed by atoms with Crippen LogP contribution in [0.15, 0.2) is 41.1 Å². The van der Waals surface area contributed by atoms with Crippen molar-refractivity contribution in [1.82, 2.24) is 9.97 Å². The molecule has 1 aromatic carbocycles. The molecule has 1 aliphatic heterocycles. The second kappa shape index (κ2) is 9.56. The van der Waals surface area contributed by atoms with Crippen molar-refractivity contribution in [2.24, 2.45) is 0 Å². The minimum absolute atomic E-state index is 0.0815. The van der Waals surface area contributed by atoms with E-state index in [1.165, 1.54) is 36.3 Å². The Kier molecular flexibility index (Phi) is 6.60. The van der Waals surface area contributed by atoms with Crippen molar-refractivity contribution in [2.75, 3.05) is 28.6 Å². The number of hydrogen-bond donors (Lipinski definition) is 2. The van der Waals surface area contributed by atoms with Gasteiger partial charge in [0.1, 0.15) is 5.76 Å². The van der Waals surface area contributed by atoms with Gasteiger partial charge in [0.15, 0.2) is 5.13 Å². The van der Waals surface area contributed by atoms with Gasteiger partial charge >= 0.3 is 6.03 Å². The van der Waals surface area contributed by atoms with Gasteiger partial charge in [0.25, 0.3) is 0 Å². The molecule has 3 aromatic rings. The number of nitrogens with zero attached hydrogens (tertiary/aromatic N) is 3. The standard InChI is InChI=1S/C24H29N5O2S/c1-24(2,3)20-16-25-21(31-20)12-11-19-15-26-23(32-19)28-22(30)27-17-7-9-18(10-8-17)29-13-5-4-6-14-29/h7-12,15-16H,4-6,13-14H2,1-3H3,(H2,26,27,28,30)/b12-11+. The topological polar surface area (TPSA) is 83.3 Å². The highest BCUT2D eigenvalue weighted by Crippen LogP contribution is 2.25. The van der Waals surface area contributed by atoms with E-state index in [2.05, 4.69) is 58.4 Å². The number of hydrogen-bond acceptors (Lipinski definition) is 6. The second-order valence-electron chi connectivity index (χ2n) is 8.89. The van der Waals surface area contributed by atoms with E-state index < -0.39 is 0 Å². The van der Waals surface area contributed by atoms with E-state index >= 15 is 0 Å². The highest BCUT2D eigenvalue weighted by molar-refractivity contribution is 7.16. The molecule has 3 heterocycles. The van der Waals surface area contributed by atoms with Gasteiger partial charge in [-0.2, -0.15) is 0 Å². The Bertz CT molecular complexity index is 1070.